The average molecular weight is 743 g/mol. The molecule has 10 nitrogen and oxygen atoms in total. The molecule has 0 spiro atoms. The number of aliphatic carboxylic acids is 2. The molecule has 0 unspecified atom stereocenters. The molecule has 0 aliphatic heterocycles. The molecule has 3 amide bonds. The van der Waals surface area contributed by atoms with Gasteiger partial charge in [0.1, 0.15) is 6.04 Å². The number of anilines is 2. The first kappa shape index (κ1) is 25.8. The van der Waals surface area contributed by atoms with Crippen LogP contribution in [0.3, 0.4) is 0 Å². The summed E-state index contributed by atoms with van der Waals surface area (Å²) in [6.07, 6.45) is -0.739. The predicted octanol–water partition coefficient (Wildman–Crippen LogP) is 2.46. The molecule has 0 bridgehead atoms. The first-order chi connectivity index (χ1) is 13.4. The molecule has 1 aromatic carbocycles. The molecule has 0 saturated heterocycles. The van der Waals surface area contributed by atoms with Gasteiger partial charge >= 0.3 is 11.9 Å². The number of hydrogen-bond acceptors (Lipinski definition) is 5. The second-order valence-electron chi connectivity index (χ2n) is 5.73. The van der Waals surface area contributed by atoms with Crippen molar-refractivity contribution in [2.24, 2.45) is 0 Å². The zero-order valence-electron chi connectivity index (χ0n) is 15.1. The largest absolute Gasteiger partial charge is 0.481 e. The van der Waals surface area contributed by atoms with E-state index < -0.39 is 42.1 Å². The van der Waals surface area contributed by atoms with E-state index in [4.69, 9.17) is 5.11 Å². The number of nitrogens with one attached hydrogen (secondary N) is 3. The van der Waals surface area contributed by atoms with Crippen molar-refractivity contribution in [1.82, 2.24) is 5.32 Å². The van der Waals surface area contributed by atoms with E-state index in [1.165, 1.54) is 13.8 Å². The van der Waals surface area contributed by atoms with Crippen LogP contribution >= 0.6 is 67.8 Å². The number of rotatable bonds is 8. The molecule has 29 heavy (non-hydrogen) atoms. The summed E-state index contributed by atoms with van der Waals surface area (Å²) < 4.78 is 1.19. The fraction of sp³-hybridized carbons (Fsp3) is 0.312. The van der Waals surface area contributed by atoms with E-state index in [2.05, 4.69) is 16.0 Å². The third-order valence-corrected chi connectivity index (χ3v) is 6.63. The van der Waals surface area contributed by atoms with Crippen LogP contribution in [0.25, 0.3) is 0 Å². The van der Waals surface area contributed by atoms with Crippen molar-refractivity contribution in [1.29, 1.82) is 0 Å². The van der Waals surface area contributed by atoms with Gasteiger partial charge in [-0.05, 0) is 74.2 Å². The van der Waals surface area contributed by atoms with Gasteiger partial charge in [0, 0.05) is 20.3 Å². The number of carboxylic acid groups (broad SMARTS) is 2. The third kappa shape index (κ3) is 7.19. The average Bonchev–Trinajstić information content (AvgIpc) is 2.58. The Hall–Kier alpha value is -1.24. The highest BCUT2D eigenvalue weighted by molar-refractivity contribution is 14.1. The lowest BCUT2D eigenvalue weighted by atomic mass is 10.1. The number of hydrogen-bond donors (Lipinski definition) is 5. The van der Waals surface area contributed by atoms with Gasteiger partial charge in [0.15, 0.2) is 0 Å². The molecule has 0 radical (unpaired) electrons. The molecule has 1 aromatic rings. The number of carboxylic acids is 2. The van der Waals surface area contributed by atoms with Crippen molar-refractivity contribution >= 4 is 109 Å². The molecule has 158 valence electrons. The molecule has 0 saturated carbocycles. The monoisotopic (exact) mass is 743 g/mol. The zero-order chi connectivity index (χ0) is 22.5. The summed E-state index contributed by atoms with van der Waals surface area (Å²) in [6, 6.07) is -1.42. The Morgan fingerprint density at radius 2 is 1.31 bits per heavy atom. The summed E-state index contributed by atoms with van der Waals surface area (Å²) in [5, 5.41) is 25.6. The third-order valence-electron chi connectivity index (χ3n) is 3.40. The summed E-state index contributed by atoms with van der Waals surface area (Å²) in [7, 11) is 0. The standard InChI is InChI=1S/C16H16I3N3O7/c1-5(23)20-13-10(17)9(11(18)14(12(13)19)21-6(2)24)15(27)22-7(16(28)29)3-4-8(25)26/h7H,3-4H2,1-2H3,(H,20,23)(H,21,24)(H,22,27)(H,25,26)(H,28,29)/t7-/m0/s1. The second-order valence-corrected chi connectivity index (χ2v) is 8.96. The fourth-order valence-corrected chi connectivity index (χ4v) is 6.39. The SMILES string of the molecule is CC(=O)Nc1c(I)c(NC(C)=O)c(I)c(C(=O)N[C@@H](CCC(=O)O)C(=O)O)c1I. The van der Waals surface area contributed by atoms with Crippen LogP contribution in [0.4, 0.5) is 11.4 Å². The van der Waals surface area contributed by atoms with E-state index in [1.54, 1.807) is 0 Å². The number of halogens is 3. The van der Waals surface area contributed by atoms with Gasteiger partial charge in [-0.15, -0.1) is 0 Å². The van der Waals surface area contributed by atoms with Crippen molar-refractivity contribution in [3.05, 3.63) is 16.3 Å². The quantitative estimate of drug-likeness (QED) is 0.256. The van der Waals surface area contributed by atoms with Crippen molar-refractivity contribution < 1.29 is 34.2 Å². The van der Waals surface area contributed by atoms with Gasteiger partial charge in [0.05, 0.1) is 27.6 Å². The van der Waals surface area contributed by atoms with Crippen LogP contribution < -0.4 is 16.0 Å². The maximum Gasteiger partial charge on any atom is 0.326 e. The first-order valence-corrected chi connectivity index (χ1v) is 11.1. The first-order valence-electron chi connectivity index (χ1n) is 7.87. The maximum absolute atomic E-state index is 12.9. The summed E-state index contributed by atoms with van der Waals surface area (Å²) in [6.45, 7) is 2.57. The maximum atomic E-state index is 12.9. The normalized spacial score (nSPS) is 11.3. The Morgan fingerprint density at radius 1 is 0.862 bits per heavy atom. The van der Waals surface area contributed by atoms with Gasteiger partial charge in [-0.3, -0.25) is 19.2 Å². The lowest BCUT2D eigenvalue weighted by Crippen LogP contribution is -2.41. The Balaban J connectivity index is 3.48. The van der Waals surface area contributed by atoms with Gasteiger partial charge in [-0.25, -0.2) is 4.79 Å². The van der Waals surface area contributed by atoms with E-state index in [0.717, 1.165) is 0 Å². The van der Waals surface area contributed by atoms with Crippen LogP contribution in [-0.2, 0) is 19.2 Å². The van der Waals surface area contributed by atoms with Crippen LogP contribution in [0.1, 0.15) is 37.0 Å². The number of carbonyl (C=O) groups is 5. The van der Waals surface area contributed by atoms with Gasteiger partial charge in [-0.1, -0.05) is 0 Å². The van der Waals surface area contributed by atoms with E-state index in [0.29, 0.717) is 22.1 Å². The van der Waals surface area contributed by atoms with Crippen molar-refractivity contribution in [3.63, 3.8) is 0 Å². The molecular weight excluding hydrogens is 727 g/mol. The van der Waals surface area contributed by atoms with Crippen LogP contribution in [0.5, 0.6) is 0 Å². The Kier molecular flexibility index (Phi) is 9.99. The molecule has 0 aromatic heterocycles. The second kappa shape index (κ2) is 11.2. The van der Waals surface area contributed by atoms with Crippen molar-refractivity contribution in [2.75, 3.05) is 10.6 Å². The van der Waals surface area contributed by atoms with E-state index in [-0.39, 0.29) is 12.0 Å². The zero-order valence-corrected chi connectivity index (χ0v) is 21.5. The van der Waals surface area contributed by atoms with Crippen LogP contribution in [0.15, 0.2) is 0 Å². The van der Waals surface area contributed by atoms with Crippen molar-refractivity contribution in [3.8, 4) is 0 Å². The minimum Gasteiger partial charge on any atom is -0.481 e. The lowest BCUT2D eigenvalue weighted by Gasteiger charge is -2.21. The van der Waals surface area contributed by atoms with E-state index >= 15 is 0 Å². The highest BCUT2D eigenvalue weighted by Gasteiger charge is 2.28. The van der Waals surface area contributed by atoms with Crippen LogP contribution in [0.2, 0.25) is 0 Å². The minimum atomic E-state index is -1.42. The Morgan fingerprint density at radius 3 is 1.66 bits per heavy atom. The predicted molar refractivity (Wildman–Crippen MR) is 129 cm³/mol. The van der Waals surface area contributed by atoms with Gasteiger partial charge in [-0.2, -0.15) is 0 Å². The molecule has 0 aliphatic carbocycles. The molecule has 0 heterocycles. The molecule has 1 rings (SSSR count). The van der Waals surface area contributed by atoms with Gasteiger partial charge in [0.2, 0.25) is 11.8 Å². The van der Waals surface area contributed by atoms with Gasteiger partial charge < -0.3 is 26.2 Å². The highest BCUT2D eigenvalue weighted by Crippen LogP contribution is 2.39. The molecular formula is C16H16I3N3O7. The summed E-state index contributed by atoms with van der Waals surface area (Å²) in [5.74, 6) is -4.13. The van der Waals surface area contributed by atoms with E-state index in [1.807, 2.05) is 67.8 Å². The summed E-state index contributed by atoms with van der Waals surface area (Å²) >= 11 is 5.62. The number of benzene rings is 1. The Labute approximate surface area is 206 Å². The molecule has 1 atom stereocenters. The molecule has 0 aliphatic rings. The van der Waals surface area contributed by atoms with E-state index in [9.17, 15) is 29.1 Å². The minimum absolute atomic E-state index is 0.0562. The topological polar surface area (TPSA) is 162 Å². The smallest absolute Gasteiger partial charge is 0.326 e. The molecule has 13 heteroatoms. The Bertz CT molecular complexity index is 846. The summed E-state index contributed by atoms with van der Waals surface area (Å²) in [5.41, 5.74) is 0.650. The van der Waals surface area contributed by atoms with Crippen LogP contribution in [0, 0.1) is 10.7 Å². The number of amides is 3. The highest BCUT2D eigenvalue weighted by atomic mass is 127. The fourth-order valence-electron chi connectivity index (χ4n) is 2.19. The number of carbonyl (C=O) groups excluding carboxylic acids is 3. The molecule has 5 N–H and O–H groups in total. The molecule has 0 fully saturated rings. The van der Waals surface area contributed by atoms with Crippen molar-refractivity contribution in [2.45, 2.75) is 32.7 Å². The lowest BCUT2D eigenvalue weighted by molar-refractivity contribution is -0.140. The van der Waals surface area contributed by atoms with Gasteiger partial charge in [0.25, 0.3) is 5.91 Å². The summed E-state index contributed by atoms with van der Waals surface area (Å²) in [4.78, 5) is 58.2. The van der Waals surface area contributed by atoms with Crippen LogP contribution in [-0.4, -0.2) is 45.9 Å².